The van der Waals surface area contributed by atoms with Gasteiger partial charge in [-0.3, -0.25) is 4.79 Å². The van der Waals surface area contributed by atoms with Gasteiger partial charge in [-0.05, 0) is 30.2 Å². The first-order valence-electron chi connectivity index (χ1n) is 6.24. The molecule has 5 nitrogen and oxygen atoms in total. The van der Waals surface area contributed by atoms with E-state index in [0.29, 0.717) is 18.7 Å². The number of nitrogens with zero attached hydrogens (tertiary/aromatic N) is 1. The average molecular weight is 272 g/mol. The molecule has 0 radical (unpaired) electrons. The molecule has 0 aliphatic carbocycles. The monoisotopic (exact) mass is 272 g/mol. The van der Waals surface area contributed by atoms with Crippen molar-refractivity contribution in [2.75, 3.05) is 19.0 Å². The Morgan fingerprint density at radius 2 is 2.10 bits per heavy atom. The summed E-state index contributed by atoms with van der Waals surface area (Å²) < 4.78 is 5.04. The van der Waals surface area contributed by atoms with Crippen LogP contribution < -0.4 is 5.32 Å². The fourth-order valence-corrected chi connectivity index (χ4v) is 1.83. The topological polar surface area (TPSA) is 71.5 Å². The van der Waals surface area contributed by atoms with Crippen molar-refractivity contribution in [2.24, 2.45) is 0 Å². The number of aromatic nitrogens is 1. The summed E-state index contributed by atoms with van der Waals surface area (Å²) in [5.74, 6) is -0.577. The van der Waals surface area contributed by atoms with Crippen molar-refractivity contribution in [1.29, 1.82) is 0 Å². The lowest BCUT2D eigenvalue weighted by Gasteiger charge is -2.11. The summed E-state index contributed by atoms with van der Waals surface area (Å²) in [7, 11) is 1.63. The Labute approximate surface area is 117 Å². The van der Waals surface area contributed by atoms with Gasteiger partial charge in [0.1, 0.15) is 5.75 Å². The maximum atomic E-state index is 12.1. The quantitative estimate of drug-likeness (QED) is 0.875. The molecule has 0 spiro atoms. The van der Waals surface area contributed by atoms with E-state index in [1.807, 2.05) is 24.3 Å². The van der Waals surface area contributed by atoms with E-state index in [0.717, 1.165) is 5.56 Å². The van der Waals surface area contributed by atoms with Gasteiger partial charge in [0.2, 0.25) is 0 Å². The summed E-state index contributed by atoms with van der Waals surface area (Å²) in [4.78, 5) is 16.0. The molecule has 1 aromatic carbocycles. The van der Waals surface area contributed by atoms with Gasteiger partial charge in [0.05, 0.1) is 6.61 Å². The van der Waals surface area contributed by atoms with Crippen molar-refractivity contribution < 1.29 is 14.6 Å². The van der Waals surface area contributed by atoms with Crippen LogP contribution in [-0.4, -0.2) is 29.7 Å². The number of aromatic hydroxyl groups is 1. The second-order valence-corrected chi connectivity index (χ2v) is 4.23. The molecule has 1 heterocycles. The molecule has 0 saturated heterocycles. The van der Waals surface area contributed by atoms with E-state index in [2.05, 4.69) is 10.3 Å². The SMILES string of the molecule is COCCc1ccccc1NC(=O)c1ncccc1O. The number of ether oxygens (including phenoxy) is 1. The van der Waals surface area contributed by atoms with Gasteiger partial charge in [-0.15, -0.1) is 0 Å². The van der Waals surface area contributed by atoms with Crippen LogP contribution >= 0.6 is 0 Å². The first-order chi connectivity index (χ1) is 9.72. The zero-order valence-corrected chi connectivity index (χ0v) is 11.2. The van der Waals surface area contributed by atoms with Gasteiger partial charge in [-0.2, -0.15) is 0 Å². The van der Waals surface area contributed by atoms with Crippen LogP contribution in [0.5, 0.6) is 5.75 Å². The number of methoxy groups -OCH3 is 1. The van der Waals surface area contributed by atoms with E-state index in [-0.39, 0.29) is 11.4 Å². The van der Waals surface area contributed by atoms with Gasteiger partial charge in [0.15, 0.2) is 5.69 Å². The fourth-order valence-electron chi connectivity index (χ4n) is 1.83. The normalized spacial score (nSPS) is 10.2. The molecule has 0 unspecified atom stereocenters. The van der Waals surface area contributed by atoms with Crippen molar-refractivity contribution in [3.05, 3.63) is 53.9 Å². The van der Waals surface area contributed by atoms with Crippen molar-refractivity contribution in [3.8, 4) is 5.75 Å². The predicted molar refractivity (Wildman–Crippen MR) is 75.9 cm³/mol. The first-order valence-corrected chi connectivity index (χ1v) is 6.24. The molecule has 0 fully saturated rings. The number of hydrogen-bond donors (Lipinski definition) is 2. The summed E-state index contributed by atoms with van der Waals surface area (Å²) in [5, 5.41) is 12.4. The Balaban J connectivity index is 2.18. The van der Waals surface area contributed by atoms with Crippen LogP contribution in [-0.2, 0) is 11.2 Å². The molecule has 5 heteroatoms. The molecule has 0 aliphatic rings. The van der Waals surface area contributed by atoms with Crippen LogP contribution in [0.4, 0.5) is 5.69 Å². The van der Waals surface area contributed by atoms with Gasteiger partial charge in [-0.25, -0.2) is 4.98 Å². The number of rotatable bonds is 5. The Morgan fingerprint density at radius 1 is 1.30 bits per heavy atom. The standard InChI is InChI=1S/C15H16N2O3/c1-20-10-8-11-5-2-3-6-12(11)17-15(19)14-13(18)7-4-9-16-14/h2-7,9,18H,8,10H2,1H3,(H,17,19). The van der Waals surface area contributed by atoms with Crippen LogP contribution in [0.25, 0.3) is 0 Å². The Bertz CT molecular complexity index is 599. The maximum Gasteiger partial charge on any atom is 0.278 e. The molecule has 0 bridgehead atoms. The third kappa shape index (κ3) is 3.33. The molecule has 2 N–H and O–H groups in total. The van der Waals surface area contributed by atoms with Crippen molar-refractivity contribution in [3.63, 3.8) is 0 Å². The fraction of sp³-hybridized carbons (Fsp3) is 0.200. The minimum Gasteiger partial charge on any atom is -0.505 e. The lowest BCUT2D eigenvalue weighted by Crippen LogP contribution is -2.15. The summed E-state index contributed by atoms with van der Waals surface area (Å²) in [6.07, 6.45) is 2.16. The van der Waals surface area contributed by atoms with Crippen LogP contribution in [0, 0.1) is 0 Å². The highest BCUT2D eigenvalue weighted by molar-refractivity contribution is 6.04. The van der Waals surface area contributed by atoms with E-state index in [1.165, 1.54) is 12.3 Å². The van der Waals surface area contributed by atoms with E-state index in [4.69, 9.17) is 4.74 Å². The number of amides is 1. The Morgan fingerprint density at radius 3 is 2.85 bits per heavy atom. The Hall–Kier alpha value is -2.40. The first kappa shape index (κ1) is 14.0. The van der Waals surface area contributed by atoms with Crippen LogP contribution in [0.3, 0.4) is 0 Å². The molecule has 1 amide bonds. The predicted octanol–water partition coefficient (Wildman–Crippen LogP) is 2.23. The molecule has 2 aromatic rings. The van der Waals surface area contributed by atoms with Gasteiger partial charge in [-0.1, -0.05) is 18.2 Å². The van der Waals surface area contributed by atoms with Crippen LogP contribution in [0.2, 0.25) is 0 Å². The minimum absolute atomic E-state index is 0.00837. The largest absolute Gasteiger partial charge is 0.505 e. The number of nitrogens with one attached hydrogen (secondary N) is 1. The van der Waals surface area contributed by atoms with E-state index >= 15 is 0 Å². The molecule has 1 aromatic heterocycles. The van der Waals surface area contributed by atoms with E-state index in [1.54, 1.807) is 13.2 Å². The second-order valence-electron chi connectivity index (χ2n) is 4.23. The number of hydrogen-bond acceptors (Lipinski definition) is 4. The molecular formula is C15H16N2O3. The number of carbonyl (C=O) groups is 1. The van der Waals surface area contributed by atoms with Crippen molar-refractivity contribution in [2.45, 2.75) is 6.42 Å². The number of carbonyl (C=O) groups excluding carboxylic acids is 1. The highest BCUT2D eigenvalue weighted by atomic mass is 16.5. The number of para-hydroxylation sites is 1. The summed E-state index contributed by atoms with van der Waals surface area (Å²) in [6.45, 7) is 0.571. The number of benzene rings is 1. The Kier molecular flexibility index (Phi) is 4.68. The molecular weight excluding hydrogens is 256 g/mol. The minimum atomic E-state index is -0.437. The van der Waals surface area contributed by atoms with Gasteiger partial charge in [0.25, 0.3) is 5.91 Å². The molecule has 0 saturated carbocycles. The number of pyridine rings is 1. The molecule has 0 aliphatic heterocycles. The van der Waals surface area contributed by atoms with Crippen LogP contribution in [0.1, 0.15) is 16.1 Å². The van der Waals surface area contributed by atoms with Crippen molar-refractivity contribution in [1.82, 2.24) is 4.98 Å². The summed E-state index contributed by atoms with van der Waals surface area (Å²) >= 11 is 0. The van der Waals surface area contributed by atoms with E-state index in [9.17, 15) is 9.90 Å². The summed E-state index contributed by atoms with van der Waals surface area (Å²) in [5.41, 5.74) is 1.67. The third-order valence-corrected chi connectivity index (χ3v) is 2.84. The zero-order valence-electron chi connectivity index (χ0n) is 11.2. The third-order valence-electron chi connectivity index (χ3n) is 2.84. The van der Waals surface area contributed by atoms with Gasteiger partial charge >= 0.3 is 0 Å². The van der Waals surface area contributed by atoms with Crippen molar-refractivity contribution >= 4 is 11.6 Å². The zero-order chi connectivity index (χ0) is 14.4. The van der Waals surface area contributed by atoms with E-state index < -0.39 is 5.91 Å². The molecule has 104 valence electrons. The summed E-state index contributed by atoms with van der Waals surface area (Å²) in [6, 6.07) is 10.5. The number of anilines is 1. The molecule has 20 heavy (non-hydrogen) atoms. The highest BCUT2D eigenvalue weighted by Gasteiger charge is 2.13. The maximum absolute atomic E-state index is 12.1. The lowest BCUT2D eigenvalue weighted by atomic mass is 10.1. The van der Waals surface area contributed by atoms with Gasteiger partial charge < -0.3 is 15.2 Å². The lowest BCUT2D eigenvalue weighted by molar-refractivity contribution is 0.101. The smallest absolute Gasteiger partial charge is 0.278 e. The van der Waals surface area contributed by atoms with Crippen LogP contribution in [0.15, 0.2) is 42.6 Å². The van der Waals surface area contributed by atoms with Gasteiger partial charge in [0, 0.05) is 19.0 Å². The molecule has 0 atom stereocenters. The average Bonchev–Trinajstić information content (AvgIpc) is 2.46. The molecule has 2 rings (SSSR count). The highest BCUT2D eigenvalue weighted by Crippen LogP contribution is 2.19. The second kappa shape index (κ2) is 6.68.